The SMILES string of the molecule is Cc1cc(F)c(-c2ncccn2)c(C(=O)N2[C@@H]3CC[C@H]2[C@H](Nc2ccc(C(F)(F)F)cn2)C3)c1. The number of carbonyl (C=O) groups is 1. The molecule has 3 atom stereocenters. The number of nitrogens with zero attached hydrogens (tertiary/aromatic N) is 4. The van der Waals surface area contributed by atoms with Gasteiger partial charge in [-0.2, -0.15) is 13.2 Å². The van der Waals surface area contributed by atoms with Crippen LogP contribution < -0.4 is 5.32 Å². The van der Waals surface area contributed by atoms with Crippen LogP contribution in [0.5, 0.6) is 0 Å². The number of aromatic nitrogens is 3. The zero-order valence-corrected chi connectivity index (χ0v) is 18.2. The summed E-state index contributed by atoms with van der Waals surface area (Å²) in [7, 11) is 0. The minimum Gasteiger partial charge on any atom is -0.365 e. The first kappa shape index (κ1) is 22.2. The van der Waals surface area contributed by atoms with Crippen LogP contribution in [-0.4, -0.2) is 43.9 Å². The molecule has 0 radical (unpaired) electrons. The minimum atomic E-state index is -4.45. The number of hydrogen-bond donors (Lipinski definition) is 1. The Bertz CT molecular complexity index is 1220. The van der Waals surface area contributed by atoms with Crippen LogP contribution in [0, 0.1) is 12.7 Å². The van der Waals surface area contributed by atoms with Gasteiger partial charge in [0.1, 0.15) is 11.6 Å². The molecule has 2 aliphatic rings. The van der Waals surface area contributed by atoms with Gasteiger partial charge in [-0.15, -0.1) is 0 Å². The minimum absolute atomic E-state index is 0.0578. The number of halogens is 4. The van der Waals surface area contributed by atoms with Crippen molar-refractivity contribution in [1.82, 2.24) is 19.9 Å². The molecule has 1 amide bonds. The number of pyridine rings is 1. The van der Waals surface area contributed by atoms with Crippen LogP contribution in [0.15, 0.2) is 48.9 Å². The van der Waals surface area contributed by atoms with Gasteiger partial charge in [0.05, 0.1) is 22.7 Å². The summed E-state index contributed by atoms with van der Waals surface area (Å²) in [4.78, 5) is 27.6. The second kappa shape index (κ2) is 8.34. The van der Waals surface area contributed by atoms with Gasteiger partial charge in [-0.3, -0.25) is 4.79 Å². The molecule has 6 nitrogen and oxygen atoms in total. The lowest BCUT2D eigenvalue weighted by molar-refractivity contribution is -0.137. The summed E-state index contributed by atoms with van der Waals surface area (Å²) in [6, 6.07) is 6.47. The number of benzene rings is 1. The molecule has 2 aliphatic heterocycles. The van der Waals surface area contributed by atoms with Gasteiger partial charge in [0.25, 0.3) is 5.91 Å². The fourth-order valence-electron chi connectivity index (χ4n) is 5.00. The zero-order valence-electron chi connectivity index (χ0n) is 18.2. The Morgan fingerprint density at radius 3 is 2.56 bits per heavy atom. The summed E-state index contributed by atoms with van der Waals surface area (Å²) < 4.78 is 53.4. The van der Waals surface area contributed by atoms with Crippen LogP contribution in [0.1, 0.15) is 40.7 Å². The van der Waals surface area contributed by atoms with Crippen LogP contribution in [0.3, 0.4) is 0 Å². The Kier molecular flexibility index (Phi) is 5.45. The summed E-state index contributed by atoms with van der Waals surface area (Å²) in [6.07, 6.45) is 1.49. The molecule has 10 heteroatoms. The van der Waals surface area contributed by atoms with Crippen molar-refractivity contribution in [3.63, 3.8) is 0 Å². The number of hydrogen-bond acceptors (Lipinski definition) is 5. The number of anilines is 1. The van der Waals surface area contributed by atoms with E-state index in [-0.39, 0.29) is 41.0 Å². The summed E-state index contributed by atoms with van der Waals surface area (Å²) in [6.45, 7) is 1.72. The van der Waals surface area contributed by atoms with Gasteiger partial charge in [0.15, 0.2) is 5.82 Å². The quantitative estimate of drug-likeness (QED) is 0.551. The third-order valence-electron chi connectivity index (χ3n) is 6.45. The van der Waals surface area contributed by atoms with Gasteiger partial charge >= 0.3 is 6.18 Å². The van der Waals surface area contributed by atoms with Crippen molar-refractivity contribution in [3.05, 3.63) is 71.4 Å². The van der Waals surface area contributed by atoms with Crippen molar-refractivity contribution in [2.24, 2.45) is 0 Å². The summed E-state index contributed by atoms with van der Waals surface area (Å²) in [5, 5.41) is 3.19. The first-order valence-corrected chi connectivity index (χ1v) is 10.9. The summed E-state index contributed by atoms with van der Waals surface area (Å²) in [5.41, 5.74) is 0.0564. The van der Waals surface area contributed by atoms with E-state index < -0.39 is 17.6 Å². The topological polar surface area (TPSA) is 71.0 Å². The Morgan fingerprint density at radius 2 is 1.88 bits per heavy atom. The lowest BCUT2D eigenvalue weighted by Gasteiger charge is -2.26. The molecule has 2 saturated heterocycles. The molecule has 2 fully saturated rings. The van der Waals surface area contributed by atoms with Crippen LogP contribution in [0.4, 0.5) is 23.4 Å². The van der Waals surface area contributed by atoms with E-state index in [9.17, 15) is 22.4 Å². The van der Waals surface area contributed by atoms with Crippen LogP contribution >= 0.6 is 0 Å². The normalized spacial score (nSPS) is 21.7. The second-order valence-electron chi connectivity index (χ2n) is 8.67. The number of rotatable bonds is 4. The predicted octanol–water partition coefficient (Wildman–Crippen LogP) is 4.86. The average Bonchev–Trinajstić information content (AvgIpc) is 3.36. The number of carbonyl (C=O) groups excluding carboxylic acids is 1. The maximum Gasteiger partial charge on any atom is 0.417 e. The molecule has 0 aliphatic carbocycles. The monoisotopic (exact) mass is 471 g/mol. The number of alkyl halides is 3. The smallest absolute Gasteiger partial charge is 0.365 e. The van der Waals surface area contributed by atoms with Gasteiger partial charge in [0, 0.05) is 30.7 Å². The molecule has 34 heavy (non-hydrogen) atoms. The number of aryl methyl sites for hydroxylation is 1. The fraction of sp³-hybridized carbons (Fsp3) is 0.333. The van der Waals surface area contributed by atoms with Crippen molar-refractivity contribution < 1.29 is 22.4 Å². The van der Waals surface area contributed by atoms with Crippen molar-refractivity contribution in [3.8, 4) is 11.4 Å². The largest absolute Gasteiger partial charge is 0.417 e. The lowest BCUT2D eigenvalue weighted by atomic mass is 9.95. The highest BCUT2D eigenvalue weighted by Crippen LogP contribution is 2.41. The van der Waals surface area contributed by atoms with Crippen LogP contribution in [0.2, 0.25) is 0 Å². The highest BCUT2D eigenvalue weighted by molar-refractivity contribution is 6.01. The molecular weight excluding hydrogens is 450 g/mol. The highest BCUT2D eigenvalue weighted by Gasteiger charge is 2.49. The fourth-order valence-corrected chi connectivity index (χ4v) is 5.00. The molecule has 4 heterocycles. The molecule has 0 saturated carbocycles. The van der Waals surface area contributed by atoms with E-state index in [1.807, 2.05) is 0 Å². The molecule has 3 aromatic rings. The van der Waals surface area contributed by atoms with Gasteiger partial charge in [-0.1, -0.05) is 0 Å². The standard InChI is InChI=1S/C24H21F4N5O/c1-13-9-16(21(17(25)10-13)22-29-7-2-8-30-22)23(34)33-15-4-5-19(33)18(11-15)32-20-6-3-14(12-31-20)24(26,27)28/h2-3,6-10,12,15,18-19H,4-5,11H2,1H3,(H,31,32)/t15-,18-,19+/m1/s1. The van der Waals surface area contributed by atoms with E-state index in [0.717, 1.165) is 25.1 Å². The lowest BCUT2D eigenvalue weighted by Crippen LogP contribution is -2.40. The molecule has 0 spiro atoms. The Balaban J connectivity index is 1.41. The third kappa shape index (κ3) is 3.97. The maximum atomic E-state index is 15.0. The molecule has 176 valence electrons. The van der Waals surface area contributed by atoms with Gasteiger partial charge in [0.2, 0.25) is 0 Å². The van der Waals surface area contributed by atoms with E-state index in [1.54, 1.807) is 24.0 Å². The number of nitrogens with one attached hydrogen (secondary N) is 1. The van der Waals surface area contributed by atoms with Gasteiger partial charge in [-0.25, -0.2) is 19.3 Å². The van der Waals surface area contributed by atoms with Crippen molar-refractivity contribution in [2.75, 3.05) is 5.32 Å². The summed E-state index contributed by atoms with van der Waals surface area (Å²) >= 11 is 0. The molecule has 5 rings (SSSR count). The van der Waals surface area contributed by atoms with E-state index in [0.29, 0.717) is 17.8 Å². The van der Waals surface area contributed by atoms with Gasteiger partial charge < -0.3 is 10.2 Å². The predicted molar refractivity (Wildman–Crippen MR) is 116 cm³/mol. The summed E-state index contributed by atoms with van der Waals surface area (Å²) in [5.74, 6) is -0.414. The molecule has 2 aromatic heterocycles. The van der Waals surface area contributed by atoms with Crippen LogP contribution in [-0.2, 0) is 6.18 Å². The average molecular weight is 471 g/mol. The number of fused-ring (bicyclic) bond motifs is 2. The van der Waals surface area contributed by atoms with E-state index in [2.05, 4.69) is 20.3 Å². The Hall–Kier alpha value is -3.56. The van der Waals surface area contributed by atoms with Gasteiger partial charge in [-0.05, 0) is 62.1 Å². The number of amides is 1. The molecular formula is C24H21F4N5O. The highest BCUT2D eigenvalue weighted by atomic mass is 19.4. The molecule has 1 N–H and O–H groups in total. The molecule has 2 bridgehead atoms. The zero-order chi connectivity index (χ0) is 24.0. The van der Waals surface area contributed by atoms with E-state index in [4.69, 9.17) is 0 Å². The first-order chi connectivity index (χ1) is 16.2. The molecule has 1 aromatic carbocycles. The maximum absolute atomic E-state index is 15.0. The van der Waals surface area contributed by atoms with Crippen molar-refractivity contribution in [2.45, 2.75) is 50.5 Å². The third-order valence-corrected chi connectivity index (χ3v) is 6.45. The Labute approximate surface area is 193 Å². The van der Waals surface area contributed by atoms with E-state index >= 15 is 0 Å². The molecule has 0 unspecified atom stereocenters. The van der Waals surface area contributed by atoms with Crippen molar-refractivity contribution in [1.29, 1.82) is 0 Å². The van der Waals surface area contributed by atoms with Crippen LogP contribution in [0.25, 0.3) is 11.4 Å². The second-order valence-corrected chi connectivity index (χ2v) is 8.67. The van der Waals surface area contributed by atoms with Crippen molar-refractivity contribution >= 4 is 11.7 Å². The Morgan fingerprint density at radius 1 is 1.12 bits per heavy atom. The first-order valence-electron chi connectivity index (χ1n) is 10.9. The van der Waals surface area contributed by atoms with E-state index in [1.165, 1.54) is 24.5 Å².